The van der Waals surface area contributed by atoms with Gasteiger partial charge in [0.25, 0.3) is 0 Å². The molecule has 0 saturated carbocycles. The van der Waals surface area contributed by atoms with Crippen molar-refractivity contribution in [3.63, 3.8) is 0 Å². The first-order chi connectivity index (χ1) is 9.39. The van der Waals surface area contributed by atoms with E-state index in [1.54, 1.807) is 0 Å². The van der Waals surface area contributed by atoms with Gasteiger partial charge in [-0.3, -0.25) is 0 Å². The Morgan fingerprint density at radius 2 is 2.15 bits per heavy atom. The minimum atomic E-state index is -4.85. The van der Waals surface area contributed by atoms with E-state index in [1.165, 1.54) is 0 Å². The third-order valence-corrected chi connectivity index (χ3v) is 2.95. The Bertz CT molecular complexity index is 493. The highest BCUT2D eigenvalue weighted by Gasteiger charge is 2.36. The average Bonchev–Trinajstić information content (AvgIpc) is 2.88. The molecule has 0 amide bonds. The number of alkyl halides is 3. The minimum absolute atomic E-state index is 0.0888. The summed E-state index contributed by atoms with van der Waals surface area (Å²) in [6.07, 6.45) is -3.58. The molecule has 0 aromatic heterocycles. The largest absolute Gasteiger partial charge is 0.459 e. The Morgan fingerprint density at radius 1 is 1.40 bits per heavy atom. The molecule has 20 heavy (non-hydrogen) atoms. The van der Waals surface area contributed by atoms with Crippen LogP contribution in [-0.4, -0.2) is 25.3 Å². The van der Waals surface area contributed by atoms with Crippen molar-refractivity contribution in [2.45, 2.75) is 25.1 Å². The van der Waals surface area contributed by atoms with Gasteiger partial charge in [0.15, 0.2) is 0 Å². The highest BCUT2D eigenvalue weighted by Crippen LogP contribution is 2.32. The third kappa shape index (κ3) is 3.27. The summed E-state index contributed by atoms with van der Waals surface area (Å²) in [7, 11) is 0. The van der Waals surface area contributed by atoms with Crippen LogP contribution in [0.1, 0.15) is 28.8 Å². The number of hydrogen-bond donors (Lipinski definition) is 0. The van der Waals surface area contributed by atoms with Crippen molar-refractivity contribution in [2.75, 3.05) is 13.2 Å². The van der Waals surface area contributed by atoms with Crippen LogP contribution < -0.4 is 0 Å². The van der Waals surface area contributed by atoms with Crippen LogP contribution in [0.15, 0.2) is 18.2 Å². The number of ether oxygens (including phenoxy) is 2. The zero-order valence-electron chi connectivity index (χ0n) is 10.4. The van der Waals surface area contributed by atoms with E-state index < -0.39 is 29.1 Å². The lowest BCUT2D eigenvalue weighted by Crippen LogP contribution is -2.19. The number of benzene rings is 1. The molecule has 1 aliphatic heterocycles. The van der Waals surface area contributed by atoms with Gasteiger partial charge in [-0.2, -0.15) is 13.2 Å². The number of halogens is 4. The Balaban J connectivity index is 2.09. The molecule has 1 saturated heterocycles. The maximum Gasteiger partial charge on any atom is 0.419 e. The van der Waals surface area contributed by atoms with Crippen LogP contribution in [-0.2, 0) is 15.7 Å². The molecular formula is C13H12F4O3. The van der Waals surface area contributed by atoms with Crippen LogP contribution in [0.25, 0.3) is 0 Å². The maximum atomic E-state index is 13.7. The fraction of sp³-hybridized carbons (Fsp3) is 0.462. The predicted molar refractivity (Wildman–Crippen MR) is 60.7 cm³/mol. The van der Waals surface area contributed by atoms with Gasteiger partial charge < -0.3 is 9.47 Å². The lowest BCUT2D eigenvalue weighted by Gasteiger charge is -2.12. The summed E-state index contributed by atoms with van der Waals surface area (Å²) in [5.74, 6) is -2.73. The molecule has 1 aliphatic rings. The molecule has 110 valence electrons. The molecule has 0 aliphatic carbocycles. The zero-order valence-corrected chi connectivity index (χ0v) is 10.4. The van der Waals surface area contributed by atoms with Crippen molar-refractivity contribution in [1.82, 2.24) is 0 Å². The molecule has 1 aromatic rings. The van der Waals surface area contributed by atoms with E-state index in [9.17, 15) is 22.4 Å². The normalized spacial score (nSPS) is 19.1. The molecular weight excluding hydrogens is 280 g/mol. The van der Waals surface area contributed by atoms with Gasteiger partial charge in [-0.05, 0) is 25.0 Å². The van der Waals surface area contributed by atoms with E-state index >= 15 is 0 Å². The van der Waals surface area contributed by atoms with E-state index in [2.05, 4.69) is 0 Å². The number of esters is 1. The number of carbonyl (C=O) groups is 1. The van der Waals surface area contributed by atoms with Crippen molar-refractivity contribution >= 4 is 5.97 Å². The first-order valence-electron chi connectivity index (χ1n) is 6.04. The van der Waals surface area contributed by atoms with Gasteiger partial charge in [-0.15, -0.1) is 0 Å². The molecule has 0 radical (unpaired) electrons. The Kier molecular flexibility index (Phi) is 4.27. The molecule has 1 atom stereocenters. The van der Waals surface area contributed by atoms with Gasteiger partial charge in [0.2, 0.25) is 0 Å². The SMILES string of the molecule is O=C(OCC1CCCO1)c1cccc(C(F)(F)F)c1F. The topological polar surface area (TPSA) is 35.5 Å². The van der Waals surface area contributed by atoms with Gasteiger partial charge in [0.1, 0.15) is 12.4 Å². The fourth-order valence-electron chi connectivity index (χ4n) is 1.93. The monoisotopic (exact) mass is 292 g/mol. The summed E-state index contributed by atoms with van der Waals surface area (Å²) < 4.78 is 61.2. The fourth-order valence-corrected chi connectivity index (χ4v) is 1.93. The van der Waals surface area contributed by atoms with Crippen LogP contribution >= 0.6 is 0 Å². The predicted octanol–water partition coefficient (Wildman–Crippen LogP) is 3.18. The van der Waals surface area contributed by atoms with Gasteiger partial charge in [-0.1, -0.05) is 6.07 Å². The van der Waals surface area contributed by atoms with Crippen molar-refractivity contribution in [3.05, 3.63) is 35.1 Å². The van der Waals surface area contributed by atoms with E-state index in [4.69, 9.17) is 9.47 Å². The Labute approximate surface area is 112 Å². The molecule has 1 heterocycles. The molecule has 1 fully saturated rings. The molecule has 2 rings (SSSR count). The van der Waals surface area contributed by atoms with Gasteiger partial charge >= 0.3 is 12.1 Å². The molecule has 0 bridgehead atoms. The summed E-state index contributed by atoms with van der Waals surface area (Å²) in [4.78, 5) is 11.6. The third-order valence-electron chi connectivity index (χ3n) is 2.95. The lowest BCUT2D eigenvalue weighted by molar-refractivity contribution is -0.140. The molecule has 0 N–H and O–H groups in total. The molecule has 3 nitrogen and oxygen atoms in total. The van der Waals surface area contributed by atoms with Gasteiger partial charge in [0, 0.05) is 6.61 Å². The number of hydrogen-bond acceptors (Lipinski definition) is 3. The average molecular weight is 292 g/mol. The summed E-state index contributed by atoms with van der Waals surface area (Å²) in [6, 6.07) is 2.50. The van der Waals surface area contributed by atoms with Gasteiger partial charge in [-0.25, -0.2) is 9.18 Å². The van der Waals surface area contributed by atoms with Crippen LogP contribution in [0.5, 0.6) is 0 Å². The second-order valence-electron chi connectivity index (χ2n) is 4.40. The second kappa shape index (κ2) is 5.78. The Morgan fingerprint density at radius 3 is 2.75 bits per heavy atom. The number of carbonyl (C=O) groups excluding carboxylic acids is 1. The highest BCUT2D eigenvalue weighted by atomic mass is 19.4. The maximum absolute atomic E-state index is 13.7. The van der Waals surface area contributed by atoms with E-state index in [0.29, 0.717) is 19.1 Å². The van der Waals surface area contributed by atoms with Crippen LogP contribution in [0.3, 0.4) is 0 Å². The molecule has 1 aromatic carbocycles. The van der Waals surface area contributed by atoms with E-state index in [1.807, 2.05) is 0 Å². The second-order valence-corrected chi connectivity index (χ2v) is 4.40. The van der Waals surface area contributed by atoms with Crippen LogP contribution in [0, 0.1) is 5.82 Å². The zero-order chi connectivity index (χ0) is 14.8. The quantitative estimate of drug-likeness (QED) is 0.634. The lowest BCUT2D eigenvalue weighted by atomic mass is 10.1. The molecule has 7 heteroatoms. The minimum Gasteiger partial charge on any atom is -0.459 e. The van der Waals surface area contributed by atoms with Crippen LogP contribution in [0.2, 0.25) is 0 Å². The van der Waals surface area contributed by atoms with Crippen molar-refractivity contribution in [2.24, 2.45) is 0 Å². The van der Waals surface area contributed by atoms with E-state index in [-0.39, 0.29) is 12.7 Å². The first-order valence-corrected chi connectivity index (χ1v) is 6.04. The summed E-state index contributed by atoms with van der Waals surface area (Å²) >= 11 is 0. The smallest absolute Gasteiger partial charge is 0.419 e. The molecule has 0 spiro atoms. The number of rotatable bonds is 3. The van der Waals surface area contributed by atoms with Gasteiger partial charge in [0.05, 0.1) is 17.2 Å². The summed E-state index contributed by atoms with van der Waals surface area (Å²) in [5, 5.41) is 0. The van der Waals surface area contributed by atoms with Crippen molar-refractivity contribution in [1.29, 1.82) is 0 Å². The van der Waals surface area contributed by atoms with E-state index in [0.717, 1.165) is 18.6 Å². The molecule has 1 unspecified atom stereocenters. The highest BCUT2D eigenvalue weighted by molar-refractivity contribution is 5.90. The summed E-state index contributed by atoms with van der Waals surface area (Å²) in [6.45, 7) is 0.467. The van der Waals surface area contributed by atoms with Crippen molar-refractivity contribution in [3.8, 4) is 0 Å². The summed E-state index contributed by atoms with van der Waals surface area (Å²) in [5.41, 5.74) is -2.21. The standard InChI is InChI=1S/C13H12F4O3/c14-11-9(4-1-5-10(11)13(15,16)17)12(18)20-7-8-3-2-6-19-8/h1,4-5,8H,2-3,6-7H2. The first kappa shape index (κ1) is 14.8. The Hall–Kier alpha value is -1.63. The van der Waals surface area contributed by atoms with Crippen molar-refractivity contribution < 1.29 is 31.8 Å². The van der Waals surface area contributed by atoms with Crippen LogP contribution in [0.4, 0.5) is 17.6 Å².